The molecule has 192 valence electrons. The lowest BCUT2D eigenvalue weighted by Crippen LogP contribution is -2.29. The Hall–Kier alpha value is -4.39. The van der Waals surface area contributed by atoms with E-state index in [-0.39, 0.29) is 16.8 Å². The van der Waals surface area contributed by atoms with Gasteiger partial charge in [-0.1, -0.05) is 24.3 Å². The fourth-order valence-electron chi connectivity index (χ4n) is 3.97. The average molecular weight is 516 g/mol. The predicted molar refractivity (Wildman–Crippen MR) is 123 cm³/mol. The Morgan fingerprint density at radius 2 is 1.89 bits per heavy atom. The Morgan fingerprint density at radius 3 is 2.51 bits per heavy atom. The van der Waals surface area contributed by atoms with Crippen LogP contribution in [0, 0.1) is 11.6 Å². The monoisotopic (exact) mass is 516 g/mol. The van der Waals surface area contributed by atoms with E-state index >= 15 is 4.39 Å². The molecule has 2 aromatic carbocycles. The number of amides is 1. The molecule has 0 aliphatic rings. The third kappa shape index (κ3) is 4.60. The fraction of sp³-hybridized carbons (Fsp3) is 0.208. The summed E-state index contributed by atoms with van der Waals surface area (Å²) < 4.78 is 60.0. The Balaban J connectivity index is 1.87. The summed E-state index contributed by atoms with van der Waals surface area (Å²) in [5.41, 5.74) is 3.26. The number of aromatic nitrogens is 5. The van der Waals surface area contributed by atoms with Crippen molar-refractivity contribution in [3.8, 4) is 16.9 Å². The molecule has 9 nitrogen and oxygen atoms in total. The van der Waals surface area contributed by atoms with Gasteiger partial charge in [-0.05, 0) is 35.4 Å². The number of nitrogens with zero attached hydrogens (tertiary/aromatic N) is 5. The highest BCUT2D eigenvalue weighted by molar-refractivity contribution is 5.92. The Bertz CT molecular complexity index is 1570. The molecule has 1 atom stereocenters. The number of nitrogens with two attached hydrogens (primary N) is 1. The molecule has 0 radical (unpaired) electrons. The summed E-state index contributed by atoms with van der Waals surface area (Å²) in [6, 6.07) is 7.92. The second kappa shape index (κ2) is 9.58. The topological polar surface area (TPSA) is 129 Å². The van der Waals surface area contributed by atoms with Gasteiger partial charge in [0, 0.05) is 24.6 Å². The van der Waals surface area contributed by atoms with Crippen LogP contribution >= 0.6 is 0 Å². The van der Waals surface area contributed by atoms with Crippen molar-refractivity contribution in [1.82, 2.24) is 24.8 Å². The highest BCUT2D eigenvalue weighted by Gasteiger charge is 2.35. The van der Waals surface area contributed by atoms with Crippen molar-refractivity contribution in [3.05, 3.63) is 93.0 Å². The van der Waals surface area contributed by atoms with E-state index in [4.69, 9.17) is 10.8 Å². The Kier molecular flexibility index (Phi) is 6.65. The maximum Gasteiger partial charge on any atom is 0.298 e. The Morgan fingerprint density at radius 1 is 1.16 bits per heavy atom. The Labute approximate surface area is 206 Å². The maximum absolute atomic E-state index is 15.1. The lowest BCUT2D eigenvalue weighted by atomic mass is 9.89. The van der Waals surface area contributed by atoms with Crippen LogP contribution in [-0.4, -0.2) is 42.4 Å². The standard InChI is InChI=1S/C24H20F4N6O3/c1-12(14-4-3-5-16(21(14)26)24(27,28)11-35)15-9-20(36)34(31-22(15)23(29)37)18-8-13(6-7-17(18)25)19-10-30-32-33(19)2/h3-10,12,35H,11H2,1-2H3,(H2,29,37). The van der Waals surface area contributed by atoms with Crippen LogP contribution in [0.2, 0.25) is 0 Å². The van der Waals surface area contributed by atoms with Crippen molar-refractivity contribution in [2.75, 3.05) is 6.61 Å². The van der Waals surface area contributed by atoms with Gasteiger partial charge in [-0.15, -0.1) is 5.10 Å². The first-order valence-electron chi connectivity index (χ1n) is 10.8. The number of hydrogen-bond acceptors (Lipinski definition) is 6. The average Bonchev–Trinajstić information content (AvgIpc) is 3.29. The number of alkyl halides is 2. The van der Waals surface area contributed by atoms with Crippen LogP contribution in [0.3, 0.4) is 0 Å². The number of primary amides is 1. The molecule has 4 aromatic rings. The van der Waals surface area contributed by atoms with E-state index in [1.807, 2.05) is 0 Å². The third-order valence-electron chi connectivity index (χ3n) is 5.93. The number of aliphatic hydroxyl groups excluding tert-OH is 1. The zero-order valence-electron chi connectivity index (χ0n) is 19.5. The summed E-state index contributed by atoms with van der Waals surface area (Å²) in [5.74, 6) is -8.27. The van der Waals surface area contributed by atoms with Gasteiger partial charge >= 0.3 is 0 Å². The molecule has 13 heteroatoms. The highest BCUT2D eigenvalue weighted by Crippen LogP contribution is 2.35. The molecule has 0 bridgehead atoms. The minimum Gasteiger partial charge on any atom is -0.390 e. The molecule has 2 aromatic heterocycles. The number of carbonyl (C=O) groups is 1. The summed E-state index contributed by atoms with van der Waals surface area (Å²) in [6.45, 7) is -0.255. The molecule has 1 amide bonds. The maximum atomic E-state index is 15.1. The van der Waals surface area contributed by atoms with Gasteiger partial charge in [-0.2, -0.15) is 18.6 Å². The summed E-state index contributed by atoms with van der Waals surface area (Å²) in [6.07, 6.45) is 1.43. The van der Waals surface area contributed by atoms with Crippen LogP contribution in [-0.2, 0) is 13.0 Å². The van der Waals surface area contributed by atoms with Crippen molar-refractivity contribution in [3.63, 3.8) is 0 Å². The summed E-state index contributed by atoms with van der Waals surface area (Å²) in [5, 5.41) is 20.5. The van der Waals surface area contributed by atoms with Crippen molar-refractivity contribution in [2.24, 2.45) is 12.8 Å². The molecule has 1 unspecified atom stereocenters. The van der Waals surface area contributed by atoms with E-state index in [9.17, 15) is 22.8 Å². The predicted octanol–water partition coefficient (Wildman–Crippen LogP) is 2.64. The van der Waals surface area contributed by atoms with Crippen LogP contribution < -0.4 is 11.3 Å². The molecular weight excluding hydrogens is 496 g/mol. The van der Waals surface area contributed by atoms with E-state index in [2.05, 4.69) is 15.4 Å². The lowest BCUT2D eigenvalue weighted by Gasteiger charge is -2.20. The zero-order chi connectivity index (χ0) is 27.1. The minimum atomic E-state index is -3.86. The molecule has 2 heterocycles. The molecular formula is C24H20F4N6O3. The lowest BCUT2D eigenvalue weighted by molar-refractivity contribution is -0.0583. The number of aliphatic hydroxyl groups is 1. The minimum absolute atomic E-state index is 0.149. The first kappa shape index (κ1) is 25.7. The molecule has 0 spiro atoms. The van der Waals surface area contributed by atoms with E-state index in [0.717, 1.165) is 24.3 Å². The van der Waals surface area contributed by atoms with Gasteiger partial charge in [0.05, 0.1) is 17.5 Å². The number of halogens is 4. The summed E-state index contributed by atoms with van der Waals surface area (Å²) >= 11 is 0. The number of carbonyl (C=O) groups excluding carboxylic acids is 1. The molecule has 3 N–H and O–H groups in total. The number of rotatable bonds is 7. The number of aryl methyl sites for hydroxylation is 1. The van der Waals surface area contributed by atoms with Crippen LogP contribution in [0.5, 0.6) is 0 Å². The SMILES string of the molecule is CC(c1cc(=O)n(-c2cc(-c3cnnn3C)ccc2F)nc1C(N)=O)c1cccc(C(F)(F)CO)c1F. The molecule has 0 aliphatic carbocycles. The van der Waals surface area contributed by atoms with Gasteiger partial charge < -0.3 is 10.8 Å². The number of hydrogen-bond donors (Lipinski definition) is 2. The molecule has 0 aliphatic heterocycles. The van der Waals surface area contributed by atoms with Crippen molar-refractivity contribution >= 4 is 5.91 Å². The molecule has 4 rings (SSSR count). The number of benzene rings is 2. The first-order valence-corrected chi connectivity index (χ1v) is 10.8. The van der Waals surface area contributed by atoms with Crippen LogP contribution in [0.4, 0.5) is 17.6 Å². The molecule has 0 saturated heterocycles. The van der Waals surface area contributed by atoms with Gasteiger partial charge in [-0.3, -0.25) is 9.59 Å². The van der Waals surface area contributed by atoms with Gasteiger partial charge in [0.15, 0.2) is 5.69 Å². The third-order valence-corrected chi connectivity index (χ3v) is 5.93. The van der Waals surface area contributed by atoms with Crippen LogP contribution in [0.15, 0.2) is 53.5 Å². The van der Waals surface area contributed by atoms with Crippen LogP contribution in [0.25, 0.3) is 16.9 Å². The first-order chi connectivity index (χ1) is 17.5. The highest BCUT2D eigenvalue weighted by atomic mass is 19.3. The van der Waals surface area contributed by atoms with E-state index in [1.165, 1.54) is 36.0 Å². The second-order valence-electron chi connectivity index (χ2n) is 8.26. The normalized spacial score (nSPS) is 12.5. The fourth-order valence-corrected chi connectivity index (χ4v) is 3.97. The van der Waals surface area contributed by atoms with Crippen molar-refractivity contribution in [1.29, 1.82) is 0 Å². The summed E-state index contributed by atoms with van der Waals surface area (Å²) in [7, 11) is 1.61. The largest absolute Gasteiger partial charge is 0.390 e. The second-order valence-corrected chi connectivity index (χ2v) is 8.26. The van der Waals surface area contributed by atoms with Gasteiger partial charge in [0.1, 0.15) is 23.9 Å². The van der Waals surface area contributed by atoms with Crippen LogP contribution in [0.1, 0.15) is 40.0 Å². The van der Waals surface area contributed by atoms with Crippen molar-refractivity contribution < 1.29 is 27.5 Å². The van der Waals surface area contributed by atoms with E-state index in [1.54, 1.807) is 7.05 Å². The molecule has 0 saturated carbocycles. The van der Waals surface area contributed by atoms with Crippen molar-refractivity contribution in [2.45, 2.75) is 18.8 Å². The smallest absolute Gasteiger partial charge is 0.298 e. The molecule has 0 fully saturated rings. The zero-order valence-corrected chi connectivity index (χ0v) is 19.5. The van der Waals surface area contributed by atoms with Gasteiger partial charge in [-0.25, -0.2) is 13.5 Å². The van der Waals surface area contributed by atoms with Gasteiger partial charge in [0.25, 0.3) is 17.4 Å². The van der Waals surface area contributed by atoms with E-state index in [0.29, 0.717) is 15.9 Å². The van der Waals surface area contributed by atoms with Gasteiger partial charge in [0.2, 0.25) is 0 Å². The quantitative estimate of drug-likeness (QED) is 0.364. The van der Waals surface area contributed by atoms with E-state index < -0.39 is 52.8 Å². The summed E-state index contributed by atoms with van der Waals surface area (Å²) in [4.78, 5) is 25.3. The molecule has 37 heavy (non-hydrogen) atoms.